The van der Waals surface area contributed by atoms with Crippen molar-refractivity contribution in [2.75, 3.05) is 18.1 Å². The standard InChI is InChI=1S/C10H21NOS/c1-9(12)3-2-6-11-10-4-7-13-8-5-10/h9-12H,2-8H2,1H3. The first-order chi connectivity index (χ1) is 6.29. The van der Waals surface area contributed by atoms with Crippen LogP contribution in [0.25, 0.3) is 0 Å². The van der Waals surface area contributed by atoms with Gasteiger partial charge in [0.25, 0.3) is 0 Å². The van der Waals surface area contributed by atoms with Gasteiger partial charge in [0.15, 0.2) is 0 Å². The highest BCUT2D eigenvalue weighted by atomic mass is 32.2. The minimum atomic E-state index is -0.135. The van der Waals surface area contributed by atoms with E-state index in [0.29, 0.717) is 0 Å². The second kappa shape index (κ2) is 6.68. The van der Waals surface area contributed by atoms with Gasteiger partial charge >= 0.3 is 0 Å². The van der Waals surface area contributed by atoms with Crippen molar-refractivity contribution >= 4 is 11.8 Å². The summed E-state index contributed by atoms with van der Waals surface area (Å²) in [6.07, 6.45) is 4.53. The molecule has 1 heterocycles. The largest absolute Gasteiger partial charge is 0.393 e. The van der Waals surface area contributed by atoms with Crippen molar-refractivity contribution in [3.63, 3.8) is 0 Å². The summed E-state index contributed by atoms with van der Waals surface area (Å²) in [5.74, 6) is 2.63. The van der Waals surface area contributed by atoms with Crippen LogP contribution in [0, 0.1) is 0 Å². The number of nitrogens with one attached hydrogen (secondary N) is 1. The van der Waals surface area contributed by atoms with Crippen LogP contribution in [0.4, 0.5) is 0 Å². The molecule has 0 aromatic rings. The number of aliphatic hydroxyl groups excluding tert-OH is 1. The predicted molar refractivity (Wildman–Crippen MR) is 59.3 cm³/mol. The number of thioether (sulfide) groups is 1. The fourth-order valence-electron chi connectivity index (χ4n) is 1.61. The third-order valence-electron chi connectivity index (χ3n) is 2.45. The SMILES string of the molecule is CC(O)CCCNC1CCSCC1. The third-order valence-corrected chi connectivity index (χ3v) is 3.50. The molecule has 78 valence electrons. The zero-order chi connectivity index (χ0) is 9.52. The second-order valence-corrected chi connectivity index (χ2v) is 5.06. The summed E-state index contributed by atoms with van der Waals surface area (Å²) < 4.78 is 0. The van der Waals surface area contributed by atoms with Crippen molar-refractivity contribution in [2.45, 2.75) is 44.8 Å². The van der Waals surface area contributed by atoms with Gasteiger partial charge in [0.2, 0.25) is 0 Å². The van der Waals surface area contributed by atoms with Crippen LogP contribution in [-0.2, 0) is 0 Å². The molecule has 1 unspecified atom stereocenters. The molecule has 1 aliphatic rings. The molecule has 0 bridgehead atoms. The van der Waals surface area contributed by atoms with Crippen LogP contribution in [0.3, 0.4) is 0 Å². The van der Waals surface area contributed by atoms with E-state index in [-0.39, 0.29) is 6.10 Å². The summed E-state index contributed by atoms with van der Waals surface area (Å²) in [6.45, 7) is 2.93. The van der Waals surface area contributed by atoms with Gasteiger partial charge in [0.05, 0.1) is 6.10 Å². The van der Waals surface area contributed by atoms with Gasteiger partial charge in [0, 0.05) is 6.04 Å². The molecule has 2 nitrogen and oxygen atoms in total. The maximum atomic E-state index is 9.06. The molecule has 0 amide bonds. The van der Waals surface area contributed by atoms with Crippen LogP contribution in [0.15, 0.2) is 0 Å². The molecule has 2 N–H and O–H groups in total. The fraction of sp³-hybridized carbons (Fsp3) is 1.00. The Morgan fingerprint density at radius 1 is 1.46 bits per heavy atom. The Labute approximate surface area is 85.5 Å². The fourth-order valence-corrected chi connectivity index (χ4v) is 2.71. The maximum Gasteiger partial charge on any atom is 0.0512 e. The van der Waals surface area contributed by atoms with E-state index < -0.39 is 0 Å². The van der Waals surface area contributed by atoms with E-state index in [1.165, 1.54) is 24.3 Å². The van der Waals surface area contributed by atoms with Crippen molar-refractivity contribution in [1.82, 2.24) is 5.32 Å². The van der Waals surface area contributed by atoms with Crippen LogP contribution >= 0.6 is 11.8 Å². The Balaban J connectivity index is 1.92. The lowest BCUT2D eigenvalue weighted by Crippen LogP contribution is -2.33. The van der Waals surface area contributed by atoms with E-state index in [1.54, 1.807) is 0 Å². The molecule has 1 fully saturated rings. The van der Waals surface area contributed by atoms with Crippen molar-refractivity contribution in [1.29, 1.82) is 0 Å². The van der Waals surface area contributed by atoms with Crippen LogP contribution in [0.1, 0.15) is 32.6 Å². The van der Waals surface area contributed by atoms with Crippen LogP contribution in [0.5, 0.6) is 0 Å². The van der Waals surface area contributed by atoms with E-state index >= 15 is 0 Å². The zero-order valence-electron chi connectivity index (χ0n) is 8.46. The van der Waals surface area contributed by atoms with Crippen LogP contribution < -0.4 is 5.32 Å². The van der Waals surface area contributed by atoms with E-state index in [0.717, 1.165) is 25.4 Å². The normalized spacial score (nSPS) is 21.7. The molecule has 0 aromatic heterocycles. The average Bonchev–Trinajstić information content (AvgIpc) is 2.14. The van der Waals surface area contributed by atoms with Gasteiger partial charge in [-0.05, 0) is 50.7 Å². The molecular weight excluding hydrogens is 182 g/mol. The lowest BCUT2D eigenvalue weighted by atomic mass is 10.1. The van der Waals surface area contributed by atoms with E-state index in [2.05, 4.69) is 17.1 Å². The molecule has 1 rings (SSSR count). The number of aliphatic hydroxyl groups is 1. The molecule has 0 saturated carbocycles. The molecule has 1 atom stereocenters. The Kier molecular flexibility index (Phi) is 5.83. The highest BCUT2D eigenvalue weighted by molar-refractivity contribution is 7.99. The van der Waals surface area contributed by atoms with Gasteiger partial charge in [-0.3, -0.25) is 0 Å². The number of hydrogen-bond acceptors (Lipinski definition) is 3. The topological polar surface area (TPSA) is 32.3 Å². The number of hydrogen-bond donors (Lipinski definition) is 2. The van der Waals surface area contributed by atoms with Gasteiger partial charge in [-0.2, -0.15) is 11.8 Å². The highest BCUT2D eigenvalue weighted by Gasteiger charge is 2.11. The van der Waals surface area contributed by atoms with Gasteiger partial charge in [-0.25, -0.2) is 0 Å². The Morgan fingerprint density at radius 3 is 2.77 bits per heavy atom. The van der Waals surface area contributed by atoms with Crippen molar-refractivity contribution < 1.29 is 5.11 Å². The highest BCUT2D eigenvalue weighted by Crippen LogP contribution is 2.16. The number of rotatable bonds is 5. The van der Waals surface area contributed by atoms with Crippen molar-refractivity contribution in [3.05, 3.63) is 0 Å². The molecule has 0 radical (unpaired) electrons. The van der Waals surface area contributed by atoms with Crippen molar-refractivity contribution in [3.8, 4) is 0 Å². The minimum Gasteiger partial charge on any atom is -0.393 e. The van der Waals surface area contributed by atoms with Gasteiger partial charge in [-0.15, -0.1) is 0 Å². The third kappa shape index (κ3) is 5.55. The van der Waals surface area contributed by atoms with Gasteiger partial charge < -0.3 is 10.4 Å². The average molecular weight is 203 g/mol. The first-order valence-corrected chi connectivity index (χ1v) is 6.43. The van der Waals surface area contributed by atoms with E-state index in [1.807, 2.05) is 6.92 Å². The predicted octanol–water partition coefficient (Wildman–Crippen LogP) is 1.63. The van der Waals surface area contributed by atoms with Gasteiger partial charge in [0.1, 0.15) is 0 Å². The first-order valence-electron chi connectivity index (χ1n) is 5.28. The summed E-state index contributed by atoms with van der Waals surface area (Å²) in [6, 6.07) is 0.746. The van der Waals surface area contributed by atoms with E-state index in [9.17, 15) is 0 Å². The molecular formula is C10H21NOS. The molecule has 13 heavy (non-hydrogen) atoms. The molecule has 0 aliphatic carbocycles. The lowest BCUT2D eigenvalue weighted by Gasteiger charge is -2.22. The Hall–Kier alpha value is 0.270. The van der Waals surface area contributed by atoms with Crippen LogP contribution in [-0.4, -0.2) is 35.3 Å². The second-order valence-electron chi connectivity index (χ2n) is 3.83. The molecule has 1 saturated heterocycles. The summed E-state index contributed by atoms with van der Waals surface area (Å²) in [7, 11) is 0. The molecule has 0 aromatic carbocycles. The minimum absolute atomic E-state index is 0.135. The summed E-state index contributed by atoms with van der Waals surface area (Å²) in [4.78, 5) is 0. The van der Waals surface area contributed by atoms with E-state index in [4.69, 9.17) is 5.11 Å². The first kappa shape index (κ1) is 11.3. The summed E-state index contributed by atoms with van der Waals surface area (Å²) >= 11 is 2.06. The van der Waals surface area contributed by atoms with Crippen molar-refractivity contribution in [2.24, 2.45) is 0 Å². The monoisotopic (exact) mass is 203 g/mol. The molecule has 0 spiro atoms. The quantitative estimate of drug-likeness (QED) is 0.666. The summed E-state index contributed by atoms with van der Waals surface area (Å²) in [5, 5.41) is 12.6. The summed E-state index contributed by atoms with van der Waals surface area (Å²) in [5.41, 5.74) is 0. The molecule has 3 heteroatoms. The zero-order valence-corrected chi connectivity index (χ0v) is 9.28. The maximum absolute atomic E-state index is 9.06. The van der Waals surface area contributed by atoms with Gasteiger partial charge in [-0.1, -0.05) is 0 Å². The Morgan fingerprint density at radius 2 is 2.15 bits per heavy atom. The lowest BCUT2D eigenvalue weighted by molar-refractivity contribution is 0.180. The van der Waals surface area contributed by atoms with Crippen LogP contribution in [0.2, 0.25) is 0 Å². The Bertz CT molecular complexity index is 124. The molecule has 1 aliphatic heterocycles. The smallest absolute Gasteiger partial charge is 0.0512 e.